The second-order valence-corrected chi connectivity index (χ2v) is 5.53. The molecule has 0 radical (unpaired) electrons. The number of hydrogen-bond donors (Lipinski definition) is 6. The van der Waals surface area contributed by atoms with E-state index < -0.39 is 81.9 Å². The lowest BCUT2D eigenvalue weighted by molar-refractivity contribution is 0.0264. The van der Waals surface area contributed by atoms with Crippen LogP contribution in [-0.2, 0) is 9.47 Å². The van der Waals surface area contributed by atoms with E-state index in [0.717, 1.165) is 0 Å². The Morgan fingerprint density at radius 1 is 0.700 bits per heavy atom. The molecule has 30 heavy (non-hydrogen) atoms. The number of nitrogens with zero attached hydrogens (tertiary/aromatic N) is 2. The van der Waals surface area contributed by atoms with Crippen LogP contribution in [-0.4, -0.2) is 55.8 Å². The second kappa shape index (κ2) is 8.45. The van der Waals surface area contributed by atoms with E-state index in [2.05, 4.69) is 0 Å². The molecule has 12 heteroatoms. The van der Waals surface area contributed by atoms with Crippen molar-refractivity contribution in [2.24, 2.45) is 0 Å². The third-order valence-corrected chi connectivity index (χ3v) is 3.72. The molecule has 0 fully saturated rings. The number of benzene rings is 2. The molecule has 154 valence electrons. The van der Waals surface area contributed by atoms with Gasteiger partial charge >= 0.3 is 11.9 Å². The number of phenolic OH excluding ortho intramolecular Hbond substituents is 6. The van der Waals surface area contributed by atoms with Crippen LogP contribution >= 0.6 is 0 Å². The van der Waals surface area contributed by atoms with Crippen LogP contribution < -0.4 is 0 Å². The molecule has 0 aliphatic heterocycles. The van der Waals surface area contributed by atoms with Gasteiger partial charge in [-0.05, 0) is 12.1 Å². The predicted octanol–water partition coefficient (Wildman–Crippen LogP) is 0.677. The molecule has 0 saturated carbocycles. The zero-order chi connectivity index (χ0) is 22.6. The molecule has 0 spiro atoms. The summed E-state index contributed by atoms with van der Waals surface area (Å²) in [7, 11) is 0. The van der Waals surface area contributed by atoms with Gasteiger partial charge in [-0.25, -0.2) is 9.59 Å². The summed E-state index contributed by atoms with van der Waals surface area (Å²) < 4.78 is 9.51. The van der Waals surface area contributed by atoms with Gasteiger partial charge in [-0.3, -0.25) is 0 Å². The first-order chi connectivity index (χ1) is 14.1. The minimum absolute atomic E-state index is 0.559. The Hall–Kier alpha value is -4.84. The van der Waals surface area contributed by atoms with Crippen LogP contribution in [0.1, 0.15) is 31.8 Å². The van der Waals surface area contributed by atoms with Gasteiger partial charge in [-0.1, -0.05) is 0 Å². The van der Waals surface area contributed by atoms with Crippen molar-refractivity contribution in [3.63, 3.8) is 0 Å². The van der Waals surface area contributed by atoms with Gasteiger partial charge in [-0.2, -0.15) is 10.5 Å². The third-order valence-electron chi connectivity index (χ3n) is 3.72. The van der Waals surface area contributed by atoms with E-state index in [-0.39, 0.29) is 0 Å². The lowest BCUT2D eigenvalue weighted by Gasteiger charge is -2.11. The maximum atomic E-state index is 12.0. The standard InChI is InChI=1S/C18H12N2O10/c19-5-9-7(3-11(21)15(25)13(9)23)17(27)29-1-2-30-18(28)8-4-12(22)16(26)14(24)10(8)6-20/h3-4,21-26H,1-2H2. The normalized spacial score (nSPS) is 9.93. The highest BCUT2D eigenvalue weighted by Crippen LogP contribution is 2.40. The van der Waals surface area contributed by atoms with Crippen molar-refractivity contribution in [2.45, 2.75) is 0 Å². The van der Waals surface area contributed by atoms with Crippen molar-refractivity contribution >= 4 is 11.9 Å². The molecular weight excluding hydrogens is 404 g/mol. The summed E-state index contributed by atoms with van der Waals surface area (Å²) in [4.78, 5) is 24.1. The molecule has 2 aromatic rings. The monoisotopic (exact) mass is 416 g/mol. The Bertz CT molecular complexity index is 1040. The van der Waals surface area contributed by atoms with E-state index in [9.17, 15) is 40.2 Å². The van der Waals surface area contributed by atoms with Gasteiger partial charge < -0.3 is 40.1 Å². The van der Waals surface area contributed by atoms with Crippen LogP contribution in [0.2, 0.25) is 0 Å². The van der Waals surface area contributed by atoms with E-state index in [1.54, 1.807) is 0 Å². The molecule has 2 aromatic carbocycles. The van der Waals surface area contributed by atoms with Gasteiger partial charge in [0.25, 0.3) is 0 Å². The maximum Gasteiger partial charge on any atom is 0.339 e. The van der Waals surface area contributed by atoms with Gasteiger partial charge in [0.15, 0.2) is 23.0 Å². The molecule has 0 unspecified atom stereocenters. The van der Waals surface area contributed by atoms with Crippen LogP contribution in [0.4, 0.5) is 0 Å². The summed E-state index contributed by atoms with van der Waals surface area (Å²) in [6, 6.07) is 4.33. The Morgan fingerprint density at radius 2 is 1.03 bits per heavy atom. The molecule has 0 aliphatic carbocycles. The summed E-state index contributed by atoms with van der Waals surface area (Å²) in [6.07, 6.45) is 0. The fourth-order valence-electron chi connectivity index (χ4n) is 2.26. The first kappa shape index (κ1) is 21.5. The molecule has 0 bridgehead atoms. The van der Waals surface area contributed by atoms with Crippen molar-refractivity contribution < 1.29 is 49.7 Å². The zero-order valence-electron chi connectivity index (χ0n) is 14.8. The molecular formula is C18H12N2O10. The highest BCUT2D eigenvalue weighted by Gasteiger charge is 2.24. The topological polar surface area (TPSA) is 222 Å². The van der Waals surface area contributed by atoms with Crippen molar-refractivity contribution in [2.75, 3.05) is 13.2 Å². The zero-order valence-corrected chi connectivity index (χ0v) is 14.8. The predicted molar refractivity (Wildman–Crippen MR) is 92.9 cm³/mol. The number of aromatic hydroxyl groups is 6. The number of rotatable bonds is 5. The second-order valence-electron chi connectivity index (χ2n) is 5.53. The number of hydrogen-bond acceptors (Lipinski definition) is 12. The van der Waals surface area contributed by atoms with Crippen LogP contribution in [0, 0.1) is 22.7 Å². The molecule has 0 aliphatic rings. The van der Waals surface area contributed by atoms with Gasteiger partial charge in [0.1, 0.15) is 36.5 Å². The largest absolute Gasteiger partial charge is 0.504 e. The molecule has 12 nitrogen and oxygen atoms in total. The van der Waals surface area contributed by atoms with Crippen LogP contribution in [0.3, 0.4) is 0 Å². The van der Waals surface area contributed by atoms with Crippen molar-refractivity contribution in [1.82, 2.24) is 0 Å². The Balaban J connectivity index is 2.07. The van der Waals surface area contributed by atoms with Gasteiger partial charge in [0, 0.05) is 0 Å². The molecule has 0 saturated heterocycles. The van der Waals surface area contributed by atoms with Crippen molar-refractivity contribution in [3.05, 3.63) is 34.4 Å². The van der Waals surface area contributed by atoms with Crippen molar-refractivity contribution in [3.8, 4) is 46.6 Å². The van der Waals surface area contributed by atoms with E-state index in [1.807, 2.05) is 0 Å². The average molecular weight is 416 g/mol. The lowest BCUT2D eigenvalue weighted by atomic mass is 10.1. The first-order valence-electron chi connectivity index (χ1n) is 7.84. The van der Waals surface area contributed by atoms with E-state index >= 15 is 0 Å². The molecule has 0 atom stereocenters. The minimum Gasteiger partial charge on any atom is -0.504 e. The van der Waals surface area contributed by atoms with E-state index in [4.69, 9.17) is 20.0 Å². The number of carbonyl (C=O) groups is 2. The Labute approximate surface area is 167 Å². The highest BCUT2D eigenvalue weighted by molar-refractivity contribution is 5.95. The highest BCUT2D eigenvalue weighted by atomic mass is 16.6. The summed E-state index contributed by atoms with van der Waals surface area (Å²) >= 11 is 0. The van der Waals surface area contributed by atoms with Gasteiger partial charge in [0.05, 0.1) is 11.1 Å². The number of esters is 2. The number of ether oxygens (including phenoxy) is 2. The Kier molecular flexibility index (Phi) is 6.05. The molecule has 0 aromatic heterocycles. The molecule has 6 N–H and O–H groups in total. The van der Waals surface area contributed by atoms with E-state index in [0.29, 0.717) is 12.1 Å². The quantitative estimate of drug-likeness (QED) is 0.225. The third kappa shape index (κ3) is 3.88. The molecule has 0 heterocycles. The average Bonchev–Trinajstić information content (AvgIpc) is 2.72. The fourth-order valence-corrected chi connectivity index (χ4v) is 2.26. The molecule has 2 rings (SSSR count). The number of nitriles is 2. The Morgan fingerprint density at radius 3 is 1.33 bits per heavy atom. The van der Waals surface area contributed by atoms with Gasteiger partial charge in [-0.15, -0.1) is 0 Å². The SMILES string of the molecule is N#Cc1c(C(=O)OCCOC(=O)c2cc(O)c(O)c(O)c2C#N)cc(O)c(O)c1O. The summed E-state index contributed by atoms with van der Waals surface area (Å²) in [5.41, 5.74) is -2.42. The summed E-state index contributed by atoms with van der Waals surface area (Å²) in [5.74, 6) is -8.16. The van der Waals surface area contributed by atoms with Crippen LogP contribution in [0.15, 0.2) is 12.1 Å². The minimum atomic E-state index is -1.19. The molecule has 0 amide bonds. The number of phenols is 6. The first-order valence-corrected chi connectivity index (χ1v) is 7.84. The summed E-state index contributed by atoms with van der Waals surface area (Å²) in [5, 5.41) is 74.8. The van der Waals surface area contributed by atoms with Crippen molar-refractivity contribution in [1.29, 1.82) is 10.5 Å². The van der Waals surface area contributed by atoms with E-state index in [1.165, 1.54) is 12.1 Å². The summed E-state index contributed by atoms with van der Waals surface area (Å²) in [6.45, 7) is -1.12. The number of carbonyl (C=O) groups excluding carboxylic acids is 2. The van der Waals surface area contributed by atoms with Crippen LogP contribution in [0.5, 0.6) is 34.5 Å². The lowest BCUT2D eigenvalue weighted by Crippen LogP contribution is -2.15. The fraction of sp³-hybridized carbons (Fsp3) is 0.111. The smallest absolute Gasteiger partial charge is 0.339 e. The van der Waals surface area contributed by atoms with Crippen LogP contribution in [0.25, 0.3) is 0 Å². The van der Waals surface area contributed by atoms with Gasteiger partial charge in [0.2, 0.25) is 11.5 Å². The maximum absolute atomic E-state index is 12.0.